The minimum atomic E-state index is -1.69. The Labute approximate surface area is 162 Å². The highest BCUT2D eigenvalue weighted by Crippen LogP contribution is 2.31. The minimum Gasteiger partial charge on any atom is -0.462 e. The average Bonchev–Trinajstić information content (AvgIpc) is 2.67. The number of thioether (sulfide) groups is 1. The minimum absolute atomic E-state index is 0.0147. The number of ether oxygens (including phenoxy) is 1. The molecule has 1 heterocycles. The van der Waals surface area contributed by atoms with E-state index in [2.05, 4.69) is 0 Å². The van der Waals surface area contributed by atoms with Gasteiger partial charge in [0.15, 0.2) is 17.5 Å². The van der Waals surface area contributed by atoms with Crippen molar-refractivity contribution in [1.82, 2.24) is 4.57 Å². The van der Waals surface area contributed by atoms with Gasteiger partial charge in [-0.3, -0.25) is 4.79 Å². The molecule has 0 unspecified atom stereocenters. The molecule has 0 atom stereocenters. The maximum atomic E-state index is 14.8. The van der Waals surface area contributed by atoms with Gasteiger partial charge in [-0.05, 0) is 38.3 Å². The fraction of sp³-hybridized carbons (Fsp3) is 0.200. The van der Waals surface area contributed by atoms with Crippen LogP contribution in [-0.4, -0.2) is 23.4 Å². The van der Waals surface area contributed by atoms with Gasteiger partial charge in [0, 0.05) is 5.69 Å². The predicted molar refractivity (Wildman–Crippen MR) is 102 cm³/mol. The average molecular weight is 407 g/mol. The van der Waals surface area contributed by atoms with Crippen LogP contribution in [-0.2, 0) is 4.74 Å². The molecule has 0 fully saturated rings. The molecule has 4 nitrogen and oxygen atoms in total. The standard InChI is InChI=1S/C20H16F3NO3S/c1-4-27-20(26)14-18(25)12-9-13(21)15(22)16(23)17(12)24(19(14)28-3)11-7-5-10(2)6-8-11/h5-9H,4H2,1-3H3. The van der Waals surface area contributed by atoms with Crippen molar-refractivity contribution < 1.29 is 22.7 Å². The smallest absolute Gasteiger partial charge is 0.344 e. The largest absolute Gasteiger partial charge is 0.462 e. The SMILES string of the molecule is CCOC(=O)c1c(SC)n(-c2ccc(C)cc2)c2c(F)c(F)c(F)cc2c1=O. The number of benzene rings is 2. The Hall–Kier alpha value is -2.74. The van der Waals surface area contributed by atoms with E-state index in [1.807, 2.05) is 6.92 Å². The van der Waals surface area contributed by atoms with Crippen molar-refractivity contribution in [2.75, 3.05) is 12.9 Å². The van der Waals surface area contributed by atoms with Gasteiger partial charge in [-0.2, -0.15) is 0 Å². The fourth-order valence-electron chi connectivity index (χ4n) is 2.94. The van der Waals surface area contributed by atoms with Crippen molar-refractivity contribution in [2.45, 2.75) is 18.9 Å². The number of halogens is 3. The molecule has 2 aromatic carbocycles. The molecule has 28 heavy (non-hydrogen) atoms. The molecule has 0 aliphatic rings. The topological polar surface area (TPSA) is 48.3 Å². The first-order valence-corrected chi connectivity index (χ1v) is 9.58. The summed E-state index contributed by atoms with van der Waals surface area (Å²) in [4.78, 5) is 25.3. The van der Waals surface area contributed by atoms with Crippen LogP contribution in [0.3, 0.4) is 0 Å². The summed E-state index contributed by atoms with van der Waals surface area (Å²) in [5.74, 6) is -5.61. The second kappa shape index (κ2) is 7.71. The number of hydrogen-bond donors (Lipinski definition) is 0. The molecule has 0 aliphatic heterocycles. The van der Waals surface area contributed by atoms with Crippen LogP contribution < -0.4 is 5.43 Å². The molecule has 3 rings (SSSR count). The van der Waals surface area contributed by atoms with E-state index in [4.69, 9.17) is 4.74 Å². The van der Waals surface area contributed by atoms with E-state index in [1.165, 1.54) is 4.57 Å². The van der Waals surface area contributed by atoms with Crippen LogP contribution in [0.5, 0.6) is 0 Å². The maximum Gasteiger partial charge on any atom is 0.344 e. The highest BCUT2D eigenvalue weighted by molar-refractivity contribution is 7.98. The van der Waals surface area contributed by atoms with Crippen LogP contribution in [0.15, 0.2) is 40.2 Å². The van der Waals surface area contributed by atoms with Gasteiger partial charge in [-0.25, -0.2) is 18.0 Å². The van der Waals surface area contributed by atoms with Crippen LogP contribution in [0, 0.1) is 24.4 Å². The molecule has 8 heteroatoms. The van der Waals surface area contributed by atoms with Gasteiger partial charge in [0.1, 0.15) is 5.56 Å². The summed E-state index contributed by atoms with van der Waals surface area (Å²) < 4.78 is 48.8. The third-order valence-electron chi connectivity index (χ3n) is 4.21. The predicted octanol–water partition coefficient (Wildman–Crippen LogP) is 4.62. The van der Waals surface area contributed by atoms with Crippen molar-refractivity contribution in [3.63, 3.8) is 0 Å². The summed E-state index contributed by atoms with van der Waals surface area (Å²) in [6, 6.07) is 7.35. The number of fused-ring (bicyclic) bond motifs is 1. The molecule has 0 aliphatic carbocycles. The second-order valence-electron chi connectivity index (χ2n) is 5.99. The second-order valence-corrected chi connectivity index (χ2v) is 6.78. The number of aromatic nitrogens is 1. The van der Waals surface area contributed by atoms with E-state index < -0.39 is 39.8 Å². The zero-order chi connectivity index (χ0) is 20.6. The lowest BCUT2D eigenvalue weighted by atomic mass is 10.1. The van der Waals surface area contributed by atoms with Gasteiger partial charge in [0.05, 0.1) is 22.5 Å². The Balaban J connectivity index is 2.58. The van der Waals surface area contributed by atoms with Crippen LogP contribution >= 0.6 is 11.8 Å². The Kier molecular flexibility index (Phi) is 5.51. The molecule has 1 aromatic heterocycles. The Morgan fingerprint density at radius 1 is 1.14 bits per heavy atom. The van der Waals surface area contributed by atoms with E-state index in [-0.39, 0.29) is 17.2 Å². The number of carbonyl (C=O) groups is 1. The van der Waals surface area contributed by atoms with Gasteiger partial charge in [-0.1, -0.05) is 17.7 Å². The fourth-order valence-corrected chi connectivity index (χ4v) is 3.70. The third kappa shape index (κ3) is 3.17. The summed E-state index contributed by atoms with van der Waals surface area (Å²) in [6.07, 6.45) is 1.59. The molecule has 0 saturated heterocycles. The number of rotatable bonds is 4. The molecule has 3 aromatic rings. The number of pyridine rings is 1. The van der Waals surface area contributed by atoms with Crippen LogP contribution in [0.4, 0.5) is 13.2 Å². The number of esters is 1. The first-order valence-electron chi connectivity index (χ1n) is 8.36. The lowest BCUT2D eigenvalue weighted by molar-refractivity contribution is 0.0519. The molecule has 0 bridgehead atoms. The Morgan fingerprint density at radius 3 is 2.36 bits per heavy atom. The van der Waals surface area contributed by atoms with Crippen molar-refractivity contribution in [3.05, 3.63) is 69.1 Å². The van der Waals surface area contributed by atoms with Crippen molar-refractivity contribution >= 4 is 28.6 Å². The number of nitrogens with zero attached hydrogens (tertiary/aromatic N) is 1. The molecule has 0 radical (unpaired) electrons. The zero-order valence-corrected chi connectivity index (χ0v) is 16.1. The molecule has 0 spiro atoms. The van der Waals surface area contributed by atoms with Gasteiger partial charge < -0.3 is 9.30 Å². The van der Waals surface area contributed by atoms with Gasteiger partial charge in [-0.15, -0.1) is 11.8 Å². The Morgan fingerprint density at radius 2 is 1.79 bits per heavy atom. The van der Waals surface area contributed by atoms with Crippen LogP contribution in [0.25, 0.3) is 16.6 Å². The summed E-state index contributed by atoms with van der Waals surface area (Å²) in [6.45, 7) is 3.44. The van der Waals surface area contributed by atoms with Crippen molar-refractivity contribution in [1.29, 1.82) is 0 Å². The van der Waals surface area contributed by atoms with Gasteiger partial charge >= 0.3 is 5.97 Å². The van der Waals surface area contributed by atoms with E-state index >= 15 is 0 Å². The van der Waals surface area contributed by atoms with Gasteiger partial charge in [0.25, 0.3) is 0 Å². The first kappa shape index (κ1) is 20.0. The molecule has 146 valence electrons. The molecular weight excluding hydrogens is 391 g/mol. The highest BCUT2D eigenvalue weighted by Gasteiger charge is 2.28. The maximum absolute atomic E-state index is 14.8. The highest BCUT2D eigenvalue weighted by atomic mass is 32.2. The molecule has 0 N–H and O–H groups in total. The normalized spacial score (nSPS) is 11.1. The van der Waals surface area contributed by atoms with Crippen molar-refractivity contribution in [3.8, 4) is 5.69 Å². The molecule has 0 saturated carbocycles. The van der Waals surface area contributed by atoms with Gasteiger partial charge in [0.2, 0.25) is 5.43 Å². The van der Waals surface area contributed by atoms with E-state index in [1.54, 1.807) is 37.4 Å². The van der Waals surface area contributed by atoms with E-state index in [0.29, 0.717) is 11.8 Å². The molecule has 0 amide bonds. The Bertz CT molecular complexity index is 1140. The van der Waals surface area contributed by atoms with Crippen LogP contribution in [0.1, 0.15) is 22.8 Å². The van der Waals surface area contributed by atoms with E-state index in [0.717, 1.165) is 17.3 Å². The lowest BCUT2D eigenvalue weighted by Crippen LogP contribution is -2.24. The zero-order valence-electron chi connectivity index (χ0n) is 15.3. The van der Waals surface area contributed by atoms with E-state index in [9.17, 15) is 22.8 Å². The number of carbonyl (C=O) groups excluding carboxylic acids is 1. The molecular formula is C20H16F3NO3S. The third-order valence-corrected chi connectivity index (χ3v) is 4.99. The lowest BCUT2D eigenvalue weighted by Gasteiger charge is -2.19. The number of hydrogen-bond acceptors (Lipinski definition) is 4. The summed E-state index contributed by atoms with van der Waals surface area (Å²) in [5.41, 5.74) is -0.407. The quantitative estimate of drug-likeness (QED) is 0.360. The monoisotopic (exact) mass is 407 g/mol. The summed E-state index contributed by atoms with van der Waals surface area (Å²) >= 11 is 1.00. The number of aryl methyl sites for hydroxylation is 1. The van der Waals surface area contributed by atoms with Crippen LogP contribution in [0.2, 0.25) is 0 Å². The summed E-state index contributed by atoms with van der Waals surface area (Å²) in [5, 5.41) is -0.373. The van der Waals surface area contributed by atoms with Crippen molar-refractivity contribution in [2.24, 2.45) is 0 Å². The first-order chi connectivity index (χ1) is 13.3. The summed E-state index contributed by atoms with van der Waals surface area (Å²) in [7, 11) is 0.